The standard InChI is InChI=1S/C24H27FN4O4/c1-4-33-23(31)15-9-11-29(12-10-15)19-14-21-20(27(2)24(32)28(21)3)13-18(19)26-22(30)16-7-5-6-8-17(16)25/h5-8,13-15H,4,9-12H2,1-3H3,(H,26,30). The molecule has 174 valence electrons. The minimum absolute atomic E-state index is 0.0634. The number of imidazole rings is 1. The van der Waals surface area contributed by atoms with Gasteiger partial charge >= 0.3 is 11.7 Å². The Hall–Kier alpha value is -3.62. The fourth-order valence-electron chi connectivity index (χ4n) is 4.35. The number of ether oxygens (including phenoxy) is 1. The Morgan fingerprint density at radius 2 is 1.73 bits per heavy atom. The number of fused-ring (bicyclic) bond motifs is 1. The molecule has 3 aromatic rings. The summed E-state index contributed by atoms with van der Waals surface area (Å²) in [5.74, 6) is -1.54. The zero-order chi connectivity index (χ0) is 23.7. The molecule has 0 atom stereocenters. The van der Waals surface area contributed by atoms with Crippen LogP contribution in [-0.4, -0.2) is 40.7 Å². The van der Waals surface area contributed by atoms with E-state index in [1.54, 1.807) is 37.7 Å². The lowest BCUT2D eigenvalue weighted by Gasteiger charge is -2.34. The van der Waals surface area contributed by atoms with Crippen molar-refractivity contribution in [3.8, 4) is 0 Å². The zero-order valence-electron chi connectivity index (χ0n) is 18.9. The average Bonchev–Trinajstić information content (AvgIpc) is 3.02. The predicted molar refractivity (Wildman–Crippen MR) is 124 cm³/mol. The molecule has 0 unspecified atom stereocenters. The molecule has 0 aliphatic carbocycles. The van der Waals surface area contributed by atoms with Crippen molar-refractivity contribution in [2.24, 2.45) is 20.0 Å². The molecule has 0 spiro atoms. The highest BCUT2D eigenvalue weighted by molar-refractivity contribution is 6.07. The van der Waals surface area contributed by atoms with E-state index < -0.39 is 11.7 Å². The third kappa shape index (κ3) is 4.22. The minimum Gasteiger partial charge on any atom is -0.466 e. The zero-order valence-corrected chi connectivity index (χ0v) is 18.9. The predicted octanol–water partition coefficient (Wildman–Crippen LogP) is 3.05. The molecular weight excluding hydrogens is 427 g/mol. The topological polar surface area (TPSA) is 85.6 Å². The number of aromatic nitrogens is 2. The van der Waals surface area contributed by atoms with Crippen LogP contribution in [0.2, 0.25) is 0 Å². The summed E-state index contributed by atoms with van der Waals surface area (Å²) in [5, 5.41) is 2.83. The number of amides is 1. The van der Waals surface area contributed by atoms with E-state index in [1.165, 1.54) is 22.8 Å². The van der Waals surface area contributed by atoms with Crippen molar-refractivity contribution < 1.29 is 18.7 Å². The Kier molecular flexibility index (Phi) is 6.22. The van der Waals surface area contributed by atoms with Crippen LogP contribution in [0.15, 0.2) is 41.2 Å². The summed E-state index contributed by atoms with van der Waals surface area (Å²) in [5.41, 5.74) is 2.31. The van der Waals surface area contributed by atoms with Crippen LogP contribution >= 0.6 is 0 Å². The van der Waals surface area contributed by atoms with E-state index in [0.717, 1.165) is 5.69 Å². The van der Waals surface area contributed by atoms with Crippen LogP contribution in [-0.2, 0) is 23.6 Å². The van der Waals surface area contributed by atoms with E-state index in [-0.39, 0.29) is 23.1 Å². The second-order valence-electron chi connectivity index (χ2n) is 8.21. The molecule has 1 N–H and O–H groups in total. The normalized spacial score (nSPS) is 14.5. The number of hydrogen-bond donors (Lipinski definition) is 1. The molecule has 9 heteroatoms. The molecule has 1 aromatic heterocycles. The van der Waals surface area contributed by atoms with Gasteiger partial charge in [0.25, 0.3) is 5.91 Å². The number of benzene rings is 2. The van der Waals surface area contributed by atoms with Crippen LogP contribution < -0.4 is 15.9 Å². The van der Waals surface area contributed by atoms with Crippen molar-refractivity contribution in [3.05, 3.63) is 58.3 Å². The van der Waals surface area contributed by atoms with Gasteiger partial charge in [0.05, 0.1) is 40.5 Å². The summed E-state index contributed by atoms with van der Waals surface area (Å²) < 4.78 is 22.4. The maximum Gasteiger partial charge on any atom is 0.328 e. The molecule has 8 nitrogen and oxygen atoms in total. The number of nitrogens with one attached hydrogen (secondary N) is 1. The van der Waals surface area contributed by atoms with E-state index in [2.05, 4.69) is 10.2 Å². The first-order valence-electron chi connectivity index (χ1n) is 11.0. The summed E-state index contributed by atoms with van der Waals surface area (Å²) in [7, 11) is 3.36. The van der Waals surface area contributed by atoms with Crippen LogP contribution in [0.3, 0.4) is 0 Å². The maximum atomic E-state index is 14.2. The number of hydrogen-bond acceptors (Lipinski definition) is 5. The molecule has 1 aliphatic heterocycles. The van der Waals surface area contributed by atoms with Crippen molar-refractivity contribution in [1.82, 2.24) is 9.13 Å². The van der Waals surface area contributed by atoms with E-state index in [4.69, 9.17) is 4.74 Å². The van der Waals surface area contributed by atoms with Crippen molar-refractivity contribution in [1.29, 1.82) is 0 Å². The molecule has 0 bridgehead atoms. The van der Waals surface area contributed by atoms with E-state index >= 15 is 0 Å². The Labute approximate surface area is 190 Å². The molecular formula is C24H27FN4O4. The van der Waals surface area contributed by atoms with Gasteiger partial charge in [-0.15, -0.1) is 0 Å². The Morgan fingerprint density at radius 1 is 1.09 bits per heavy atom. The lowest BCUT2D eigenvalue weighted by atomic mass is 9.96. The van der Waals surface area contributed by atoms with Gasteiger partial charge < -0.3 is 15.0 Å². The summed E-state index contributed by atoms with van der Waals surface area (Å²) >= 11 is 0. The second kappa shape index (κ2) is 9.09. The molecule has 1 aliphatic rings. The maximum absolute atomic E-state index is 14.2. The quantitative estimate of drug-likeness (QED) is 0.599. The van der Waals surface area contributed by atoms with Gasteiger partial charge in [-0.05, 0) is 44.0 Å². The largest absolute Gasteiger partial charge is 0.466 e. The van der Waals surface area contributed by atoms with Crippen LogP contribution in [0.4, 0.5) is 15.8 Å². The van der Waals surface area contributed by atoms with Crippen molar-refractivity contribution >= 4 is 34.3 Å². The number of carbonyl (C=O) groups excluding carboxylic acids is 2. The number of piperidine rings is 1. The van der Waals surface area contributed by atoms with Crippen LogP contribution in [0.25, 0.3) is 11.0 Å². The lowest BCUT2D eigenvalue weighted by molar-refractivity contribution is -0.148. The van der Waals surface area contributed by atoms with Gasteiger partial charge in [0.1, 0.15) is 5.82 Å². The average molecular weight is 455 g/mol. The molecule has 1 amide bonds. The van der Waals surface area contributed by atoms with Gasteiger partial charge in [0.15, 0.2) is 0 Å². The summed E-state index contributed by atoms with van der Waals surface area (Å²) in [6.45, 7) is 3.30. The highest BCUT2D eigenvalue weighted by Crippen LogP contribution is 2.34. The fraction of sp³-hybridized carbons (Fsp3) is 0.375. The van der Waals surface area contributed by atoms with Gasteiger partial charge in [-0.2, -0.15) is 0 Å². The van der Waals surface area contributed by atoms with Gasteiger partial charge in [-0.3, -0.25) is 18.7 Å². The monoisotopic (exact) mass is 454 g/mol. The number of nitrogens with zero attached hydrogens (tertiary/aromatic N) is 3. The Balaban J connectivity index is 1.71. The summed E-state index contributed by atoms with van der Waals surface area (Å²) in [6, 6.07) is 9.38. The van der Waals surface area contributed by atoms with Crippen LogP contribution in [0, 0.1) is 11.7 Å². The van der Waals surface area contributed by atoms with Gasteiger partial charge in [0, 0.05) is 27.2 Å². The molecule has 2 aromatic carbocycles. The minimum atomic E-state index is -0.611. The first kappa shape index (κ1) is 22.6. The SMILES string of the molecule is CCOC(=O)C1CCN(c2cc3c(cc2NC(=O)c2ccccc2F)n(C)c(=O)n3C)CC1. The first-order valence-corrected chi connectivity index (χ1v) is 11.0. The van der Waals surface area contributed by atoms with Gasteiger partial charge in [-0.25, -0.2) is 9.18 Å². The molecule has 33 heavy (non-hydrogen) atoms. The summed E-state index contributed by atoms with van der Waals surface area (Å²) in [4.78, 5) is 39.6. The number of rotatable bonds is 5. The van der Waals surface area contributed by atoms with Gasteiger partial charge in [0.2, 0.25) is 0 Å². The van der Waals surface area contributed by atoms with Crippen LogP contribution in [0.1, 0.15) is 30.1 Å². The smallest absolute Gasteiger partial charge is 0.328 e. The lowest BCUT2D eigenvalue weighted by Crippen LogP contribution is -2.37. The number of aryl methyl sites for hydroxylation is 2. The second-order valence-corrected chi connectivity index (χ2v) is 8.21. The van der Waals surface area contributed by atoms with Gasteiger partial charge in [-0.1, -0.05) is 12.1 Å². The summed E-state index contributed by atoms with van der Waals surface area (Å²) in [6.07, 6.45) is 1.23. The first-order chi connectivity index (χ1) is 15.8. The van der Waals surface area contributed by atoms with E-state index in [0.29, 0.717) is 49.3 Å². The van der Waals surface area contributed by atoms with Crippen molar-refractivity contribution in [2.75, 3.05) is 29.9 Å². The molecule has 0 saturated carbocycles. The fourth-order valence-corrected chi connectivity index (χ4v) is 4.35. The van der Waals surface area contributed by atoms with Crippen LogP contribution in [0.5, 0.6) is 0 Å². The molecule has 0 radical (unpaired) electrons. The molecule has 1 fully saturated rings. The van der Waals surface area contributed by atoms with E-state index in [9.17, 15) is 18.8 Å². The number of carbonyl (C=O) groups is 2. The highest BCUT2D eigenvalue weighted by Gasteiger charge is 2.28. The van der Waals surface area contributed by atoms with E-state index in [1.807, 2.05) is 6.07 Å². The Morgan fingerprint density at radius 3 is 2.36 bits per heavy atom. The van der Waals surface area contributed by atoms with Crippen molar-refractivity contribution in [2.45, 2.75) is 19.8 Å². The third-order valence-corrected chi connectivity index (χ3v) is 6.21. The number of halogens is 1. The molecule has 4 rings (SSSR count). The highest BCUT2D eigenvalue weighted by atomic mass is 19.1. The number of esters is 1. The van der Waals surface area contributed by atoms with Crippen molar-refractivity contribution in [3.63, 3.8) is 0 Å². The Bertz CT molecular complexity index is 1270. The molecule has 1 saturated heterocycles. The molecule has 2 heterocycles. The third-order valence-electron chi connectivity index (χ3n) is 6.21. The number of anilines is 2.